The average molecular weight is 847 g/mol. The summed E-state index contributed by atoms with van der Waals surface area (Å²) >= 11 is 0. The number of hydrogen-bond acceptors (Lipinski definition) is 10. The average Bonchev–Trinajstić information content (AvgIpc) is 3.15. The second kappa shape index (κ2) is 25.6. The minimum atomic E-state index is -3.29. The molecule has 4 atom stereocenters. The van der Waals surface area contributed by atoms with Gasteiger partial charge in [-0.15, -0.1) is 0 Å². The molecule has 4 unspecified atom stereocenters. The maximum absolute atomic E-state index is 12.8. The number of hydrogen-bond donors (Lipinski definition) is 8. The summed E-state index contributed by atoms with van der Waals surface area (Å²) in [7, 11) is 0. The molecular formula is C43H74O16. The predicted octanol–water partition coefficient (Wildman–Crippen LogP) is 7.38. The highest BCUT2D eigenvalue weighted by Crippen LogP contribution is 2.55. The minimum Gasteiger partial charge on any atom is -0.481 e. The number of aliphatic hydroxyl groups is 2. The molecule has 0 bridgehead atoms. The fourth-order valence-corrected chi connectivity index (χ4v) is 8.74. The molecule has 16 nitrogen and oxygen atoms in total. The number of carbonyl (C=O) groups is 8. The molecule has 0 amide bonds. The molecule has 8 N–H and O–H groups in total. The molecule has 0 aliphatic carbocycles. The first-order chi connectivity index (χ1) is 27.4. The van der Waals surface area contributed by atoms with Crippen LogP contribution < -0.4 is 0 Å². The van der Waals surface area contributed by atoms with E-state index in [1.54, 1.807) is 20.8 Å². The van der Waals surface area contributed by atoms with E-state index in [9.17, 15) is 79.2 Å². The van der Waals surface area contributed by atoms with Crippen LogP contribution in [0.25, 0.3) is 0 Å². The first kappa shape index (κ1) is 57.2. The van der Waals surface area contributed by atoms with Crippen molar-refractivity contribution in [1.29, 1.82) is 0 Å². The van der Waals surface area contributed by atoms with Crippen LogP contribution in [0.5, 0.6) is 0 Å². The van der Waals surface area contributed by atoms with Crippen LogP contribution in [0.2, 0.25) is 0 Å². The summed E-state index contributed by atoms with van der Waals surface area (Å²) in [5.41, 5.74) is -16.7. The van der Waals surface area contributed by atoms with Crippen molar-refractivity contribution >= 4 is 47.4 Å². The summed E-state index contributed by atoms with van der Waals surface area (Å²) < 4.78 is 0. The van der Waals surface area contributed by atoms with E-state index in [1.807, 2.05) is 20.8 Å². The van der Waals surface area contributed by atoms with E-state index in [4.69, 9.17) is 0 Å². The third-order valence-corrected chi connectivity index (χ3v) is 12.4. The smallest absolute Gasteiger partial charge is 0.338 e. The molecule has 0 saturated carbocycles. The van der Waals surface area contributed by atoms with Crippen molar-refractivity contribution in [2.75, 3.05) is 0 Å². The molecule has 0 aromatic heterocycles. The normalized spacial score (nSPS) is 15.8. The largest absolute Gasteiger partial charge is 0.481 e. The number of unbranched alkanes of at least 4 members (excludes halogenated alkanes) is 9. The van der Waals surface area contributed by atoms with Gasteiger partial charge < -0.3 is 40.9 Å². The Balaban J connectivity index is 0. The number of carboxylic acids is 6. The van der Waals surface area contributed by atoms with E-state index in [-0.39, 0.29) is 51.4 Å². The van der Waals surface area contributed by atoms with Gasteiger partial charge >= 0.3 is 35.8 Å². The second-order valence-electron chi connectivity index (χ2n) is 16.0. The third-order valence-electron chi connectivity index (χ3n) is 12.4. The molecule has 0 saturated heterocycles. The van der Waals surface area contributed by atoms with Crippen LogP contribution in [0.15, 0.2) is 0 Å². The summed E-state index contributed by atoms with van der Waals surface area (Å²) in [6, 6.07) is 0. The maximum Gasteiger partial charge on any atom is 0.338 e. The molecule has 0 aliphatic rings. The first-order valence-corrected chi connectivity index (χ1v) is 21.3. The summed E-state index contributed by atoms with van der Waals surface area (Å²) in [5, 5.41) is 83.9. The van der Waals surface area contributed by atoms with Crippen LogP contribution >= 0.6 is 0 Å². The molecule has 16 heteroatoms. The van der Waals surface area contributed by atoms with Gasteiger partial charge in [-0.1, -0.05) is 138 Å². The maximum atomic E-state index is 12.8. The Bertz CT molecular complexity index is 1370. The van der Waals surface area contributed by atoms with E-state index in [1.165, 1.54) is 0 Å². The van der Waals surface area contributed by atoms with Gasteiger partial charge in [0.05, 0.1) is 0 Å². The van der Waals surface area contributed by atoms with Crippen LogP contribution in [0.3, 0.4) is 0 Å². The Labute approximate surface area is 349 Å². The lowest BCUT2D eigenvalue weighted by atomic mass is 9.52. The van der Waals surface area contributed by atoms with E-state index in [0.29, 0.717) is 57.8 Å². The molecule has 59 heavy (non-hydrogen) atoms. The molecule has 0 aliphatic heterocycles. The van der Waals surface area contributed by atoms with Crippen molar-refractivity contribution in [1.82, 2.24) is 0 Å². The number of rotatable bonds is 33. The number of Topliss-reactive ketones (excluding diaryl/α,β-unsaturated/α-hetero) is 2. The fraction of sp³-hybridized carbons (Fsp3) is 0.814. The standard InChI is InChI=1S/C23H40O8.C20H34O8/c1-5-8-11-14-21(18(25)26,15-12-9-6-2)23(31,20(29)30)22(17(4)24,19(27)28)16-13-10-7-3;1-5-8-11-18(15(22)23,12-9-6-2)20(28,17(26)27)19(14(4)21,16(24)25)13-10-7-3/h31H,5-16H2,1-4H3,(H,25,26)(H,27,28)(H,29,30);28H,5-13H2,1-4H3,(H,22,23)(H,24,25)(H,26,27). The summed E-state index contributed by atoms with van der Waals surface area (Å²) in [5.74, 6) is -12.8. The van der Waals surface area contributed by atoms with Gasteiger partial charge in [-0.05, 0) is 52.4 Å². The zero-order chi connectivity index (χ0) is 46.5. The molecule has 0 aromatic carbocycles. The highest BCUT2D eigenvalue weighted by atomic mass is 16.4. The number of carbonyl (C=O) groups excluding carboxylic acids is 2. The first-order valence-electron chi connectivity index (χ1n) is 21.3. The highest BCUT2D eigenvalue weighted by Gasteiger charge is 2.76. The Kier molecular flexibility index (Phi) is 24.9. The van der Waals surface area contributed by atoms with E-state index in [0.717, 1.165) is 26.7 Å². The lowest BCUT2D eigenvalue weighted by Crippen LogP contribution is -2.71. The number of aliphatic carboxylic acids is 6. The quantitative estimate of drug-likeness (QED) is 0.0236. The zero-order valence-corrected chi connectivity index (χ0v) is 36.7. The van der Waals surface area contributed by atoms with Crippen molar-refractivity contribution < 1.29 is 79.2 Å². The molecule has 0 fully saturated rings. The van der Waals surface area contributed by atoms with Gasteiger partial charge in [0.15, 0.2) is 22.4 Å². The Morgan fingerprint density at radius 3 is 0.746 bits per heavy atom. The van der Waals surface area contributed by atoms with E-state index < -0.39 is 93.1 Å². The van der Waals surface area contributed by atoms with Gasteiger partial charge in [-0.25, -0.2) is 9.59 Å². The monoisotopic (exact) mass is 846 g/mol. The van der Waals surface area contributed by atoms with Crippen LogP contribution in [-0.2, 0) is 38.4 Å². The number of carboxylic acid groups (broad SMARTS) is 6. The molecule has 0 aromatic rings. The summed E-state index contributed by atoms with van der Waals surface area (Å²) in [4.78, 5) is 100. The Morgan fingerprint density at radius 1 is 0.322 bits per heavy atom. The lowest BCUT2D eigenvalue weighted by molar-refractivity contribution is -0.224. The molecule has 0 rings (SSSR count). The third kappa shape index (κ3) is 11.5. The summed E-state index contributed by atoms with van der Waals surface area (Å²) in [6.07, 6.45) is 4.96. The fourth-order valence-electron chi connectivity index (χ4n) is 8.74. The van der Waals surface area contributed by atoms with Crippen LogP contribution in [0.4, 0.5) is 0 Å². The second-order valence-corrected chi connectivity index (χ2v) is 16.0. The van der Waals surface area contributed by atoms with Gasteiger partial charge in [0, 0.05) is 0 Å². The Morgan fingerprint density at radius 2 is 0.542 bits per heavy atom. The van der Waals surface area contributed by atoms with E-state index >= 15 is 0 Å². The molecule has 0 radical (unpaired) electrons. The predicted molar refractivity (Wildman–Crippen MR) is 218 cm³/mol. The van der Waals surface area contributed by atoms with Crippen LogP contribution in [-0.4, -0.2) is 99.4 Å². The Hall–Kier alpha value is -3.92. The minimum absolute atomic E-state index is 0.152. The number of ketones is 2. The van der Waals surface area contributed by atoms with Gasteiger partial charge in [-0.2, -0.15) is 0 Å². The zero-order valence-electron chi connectivity index (χ0n) is 36.7. The lowest BCUT2D eigenvalue weighted by Gasteiger charge is -2.50. The van der Waals surface area contributed by atoms with Gasteiger partial charge in [0.25, 0.3) is 0 Å². The highest BCUT2D eigenvalue weighted by molar-refractivity contribution is 6.11. The van der Waals surface area contributed by atoms with Crippen molar-refractivity contribution in [3.05, 3.63) is 0 Å². The summed E-state index contributed by atoms with van der Waals surface area (Å²) in [6.45, 7) is 12.8. The molecule has 0 heterocycles. The topological polar surface area (TPSA) is 298 Å². The molecule has 342 valence electrons. The van der Waals surface area contributed by atoms with E-state index in [2.05, 4.69) is 0 Å². The van der Waals surface area contributed by atoms with Crippen molar-refractivity contribution in [3.63, 3.8) is 0 Å². The van der Waals surface area contributed by atoms with Crippen molar-refractivity contribution in [2.24, 2.45) is 21.7 Å². The van der Waals surface area contributed by atoms with Crippen molar-refractivity contribution in [3.8, 4) is 0 Å². The van der Waals surface area contributed by atoms with Crippen molar-refractivity contribution in [2.45, 2.75) is 201 Å². The molecule has 0 spiro atoms. The SMILES string of the molecule is CCCCC(CCCC)(C(=O)O)C(O)(C(=O)O)C(CCCC)(C(C)=O)C(=O)O.CCCCCC(CCCCC)(C(=O)O)C(O)(C(=O)O)C(CCCCC)(C(C)=O)C(=O)O. The van der Waals surface area contributed by atoms with Gasteiger partial charge in [0.2, 0.25) is 11.2 Å². The van der Waals surface area contributed by atoms with Gasteiger partial charge in [0.1, 0.15) is 10.8 Å². The van der Waals surface area contributed by atoms with Gasteiger partial charge in [-0.3, -0.25) is 28.8 Å². The van der Waals surface area contributed by atoms with Crippen LogP contribution in [0, 0.1) is 21.7 Å². The molecular weight excluding hydrogens is 772 g/mol. The van der Waals surface area contributed by atoms with Crippen LogP contribution in [0.1, 0.15) is 190 Å².